The molecule has 1 atom stereocenters. The highest BCUT2D eigenvalue weighted by molar-refractivity contribution is 7.09. The molecule has 2 nitrogen and oxygen atoms in total. The van der Waals surface area contributed by atoms with Crippen LogP contribution in [0.3, 0.4) is 0 Å². The van der Waals surface area contributed by atoms with E-state index in [0.29, 0.717) is 5.82 Å². The number of hydrogen-bond donors (Lipinski definition) is 1. The number of anilines is 1. The summed E-state index contributed by atoms with van der Waals surface area (Å²) >= 11 is 1.74. The summed E-state index contributed by atoms with van der Waals surface area (Å²) in [6.45, 7) is 2.09. The van der Waals surface area contributed by atoms with E-state index in [2.05, 4.69) is 28.7 Å². The lowest BCUT2D eigenvalue weighted by molar-refractivity contribution is 0.621. The molecule has 4 heteroatoms. The predicted molar refractivity (Wildman–Crippen MR) is 65.3 cm³/mol. The number of halogens is 1. The first-order chi connectivity index (χ1) is 7.74. The highest BCUT2D eigenvalue weighted by atomic mass is 32.1. The van der Waals surface area contributed by atoms with Crippen LogP contribution in [0.1, 0.15) is 11.8 Å². The van der Waals surface area contributed by atoms with Crippen LogP contribution in [-0.2, 0) is 6.42 Å². The quantitative estimate of drug-likeness (QED) is 0.880. The lowest BCUT2D eigenvalue weighted by Crippen LogP contribution is -2.18. The molecule has 84 valence electrons. The Labute approximate surface area is 98.2 Å². The first-order valence-corrected chi connectivity index (χ1v) is 6.02. The van der Waals surface area contributed by atoms with Crippen LogP contribution in [0.15, 0.2) is 35.8 Å². The van der Waals surface area contributed by atoms with Crippen LogP contribution in [0.4, 0.5) is 10.2 Å². The van der Waals surface area contributed by atoms with Gasteiger partial charge in [-0.15, -0.1) is 11.3 Å². The summed E-state index contributed by atoms with van der Waals surface area (Å²) in [5, 5.41) is 5.30. The largest absolute Gasteiger partial charge is 0.367 e. The van der Waals surface area contributed by atoms with Gasteiger partial charge in [-0.2, -0.15) is 0 Å². The van der Waals surface area contributed by atoms with Crippen LogP contribution >= 0.6 is 11.3 Å². The van der Waals surface area contributed by atoms with Gasteiger partial charge < -0.3 is 5.32 Å². The van der Waals surface area contributed by atoms with Crippen LogP contribution < -0.4 is 5.32 Å². The molecule has 16 heavy (non-hydrogen) atoms. The summed E-state index contributed by atoms with van der Waals surface area (Å²) in [5.41, 5.74) is 0. The van der Waals surface area contributed by atoms with Crippen molar-refractivity contribution in [1.29, 1.82) is 0 Å². The second-order valence-corrected chi connectivity index (χ2v) is 4.72. The fraction of sp³-hybridized carbons (Fsp3) is 0.250. The third-order valence-corrected chi connectivity index (χ3v) is 3.11. The summed E-state index contributed by atoms with van der Waals surface area (Å²) in [5.74, 6) is 0.405. The Morgan fingerprint density at radius 3 is 2.94 bits per heavy atom. The van der Waals surface area contributed by atoms with Crippen molar-refractivity contribution in [3.63, 3.8) is 0 Å². The van der Waals surface area contributed by atoms with E-state index in [-0.39, 0.29) is 11.9 Å². The number of rotatable bonds is 4. The Hall–Kier alpha value is -1.42. The fourth-order valence-corrected chi connectivity index (χ4v) is 2.33. The summed E-state index contributed by atoms with van der Waals surface area (Å²) in [6, 6.07) is 7.51. The van der Waals surface area contributed by atoms with Gasteiger partial charge in [0.1, 0.15) is 11.6 Å². The maximum absolute atomic E-state index is 12.6. The van der Waals surface area contributed by atoms with E-state index in [1.165, 1.54) is 17.1 Å². The molecule has 0 aromatic carbocycles. The van der Waals surface area contributed by atoms with Crippen molar-refractivity contribution in [2.24, 2.45) is 0 Å². The molecule has 0 fully saturated rings. The number of nitrogens with zero attached hydrogens (tertiary/aromatic N) is 1. The summed E-state index contributed by atoms with van der Waals surface area (Å²) in [6.07, 6.45) is 2.18. The van der Waals surface area contributed by atoms with Gasteiger partial charge in [0.05, 0.1) is 6.20 Å². The molecular formula is C12H13FN2S. The van der Waals surface area contributed by atoms with Crippen LogP contribution in [0, 0.1) is 5.82 Å². The second-order valence-electron chi connectivity index (χ2n) is 3.69. The zero-order chi connectivity index (χ0) is 11.4. The zero-order valence-corrected chi connectivity index (χ0v) is 9.80. The van der Waals surface area contributed by atoms with E-state index in [1.807, 2.05) is 6.07 Å². The van der Waals surface area contributed by atoms with E-state index >= 15 is 0 Å². The molecule has 0 aliphatic heterocycles. The molecule has 1 N–H and O–H groups in total. The highest BCUT2D eigenvalue weighted by Gasteiger charge is 2.04. The maximum Gasteiger partial charge on any atom is 0.141 e. The van der Waals surface area contributed by atoms with Crippen molar-refractivity contribution >= 4 is 17.2 Å². The van der Waals surface area contributed by atoms with Gasteiger partial charge in [0, 0.05) is 17.3 Å². The SMILES string of the molecule is CC(Cc1cccs1)Nc1ccc(F)cn1. The molecule has 0 bridgehead atoms. The van der Waals surface area contributed by atoms with E-state index in [1.54, 1.807) is 17.4 Å². The van der Waals surface area contributed by atoms with Crippen molar-refractivity contribution in [3.8, 4) is 0 Å². The molecule has 1 unspecified atom stereocenters. The summed E-state index contributed by atoms with van der Waals surface area (Å²) in [4.78, 5) is 5.30. The van der Waals surface area contributed by atoms with Crippen LogP contribution in [-0.4, -0.2) is 11.0 Å². The van der Waals surface area contributed by atoms with Gasteiger partial charge in [-0.25, -0.2) is 9.37 Å². The maximum atomic E-state index is 12.6. The molecule has 2 rings (SSSR count). The lowest BCUT2D eigenvalue weighted by atomic mass is 10.2. The van der Waals surface area contributed by atoms with Crippen LogP contribution in [0.5, 0.6) is 0 Å². The molecule has 0 saturated heterocycles. The van der Waals surface area contributed by atoms with Gasteiger partial charge in [0.2, 0.25) is 0 Å². The van der Waals surface area contributed by atoms with Crippen molar-refractivity contribution in [2.45, 2.75) is 19.4 Å². The molecular weight excluding hydrogens is 223 g/mol. The van der Waals surface area contributed by atoms with Gasteiger partial charge in [-0.1, -0.05) is 6.07 Å². The number of thiophene rings is 1. The second kappa shape index (κ2) is 5.07. The van der Waals surface area contributed by atoms with Crippen LogP contribution in [0.2, 0.25) is 0 Å². The van der Waals surface area contributed by atoms with Crippen LogP contribution in [0.25, 0.3) is 0 Å². The Bertz CT molecular complexity index is 425. The number of aromatic nitrogens is 1. The van der Waals surface area contributed by atoms with Crippen molar-refractivity contribution < 1.29 is 4.39 Å². The van der Waals surface area contributed by atoms with Gasteiger partial charge in [-0.3, -0.25) is 0 Å². The molecule has 0 saturated carbocycles. The normalized spacial score (nSPS) is 12.4. The van der Waals surface area contributed by atoms with E-state index in [4.69, 9.17) is 0 Å². The standard InChI is InChI=1S/C12H13FN2S/c1-9(7-11-3-2-6-16-11)15-12-5-4-10(13)8-14-12/h2-6,8-9H,7H2,1H3,(H,14,15). The molecule has 2 aromatic rings. The first-order valence-electron chi connectivity index (χ1n) is 5.14. The Morgan fingerprint density at radius 2 is 2.31 bits per heavy atom. The fourth-order valence-electron chi connectivity index (χ4n) is 1.50. The average molecular weight is 236 g/mol. The Morgan fingerprint density at radius 1 is 1.44 bits per heavy atom. The van der Waals surface area contributed by atoms with Gasteiger partial charge >= 0.3 is 0 Å². The van der Waals surface area contributed by atoms with Crippen molar-refractivity contribution in [1.82, 2.24) is 4.98 Å². The minimum atomic E-state index is -0.309. The van der Waals surface area contributed by atoms with E-state index in [9.17, 15) is 4.39 Å². The summed E-state index contributed by atoms with van der Waals surface area (Å²) in [7, 11) is 0. The van der Waals surface area contributed by atoms with Gasteiger partial charge in [-0.05, 0) is 30.5 Å². The minimum Gasteiger partial charge on any atom is -0.367 e. The van der Waals surface area contributed by atoms with Gasteiger partial charge in [0.25, 0.3) is 0 Å². The molecule has 2 heterocycles. The lowest BCUT2D eigenvalue weighted by Gasteiger charge is -2.13. The molecule has 0 aliphatic carbocycles. The predicted octanol–water partition coefficient (Wildman–Crippen LogP) is 3.33. The van der Waals surface area contributed by atoms with E-state index < -0.39 is 0 Å². The molecule has 0 aliphatic rings. The number of nitrogens with one attached hydrogen (secondary N) is 1. The third-order valence-electron chi connectivity index (χ3n) is 2.21. The van der Waals surface area contributed by atoms with E-state index in [0.717, 1.165) is 6.42 Å². The summed E-state index contributed by atoms with van der Waals surface area (Å²) < 4.78 is 12.6. The highest BCUT2D eigenvalue weighted by Crippen LogP contribution is 2.13. The number of pyridine rings is 1. The topological polar surface area (TPSA) is 24.9 Å². The van der Waals surface area contributed by atoms with Crippen molar-refractivity contribution in [3.05, 3.63) is 46.5 Å². The Balaban J connectivity index is 1.92. The average Bonchev–Trinajstić information content (AvgIpc) is 2.74. The minimum absolute atomic E-state index is 0.289. The number of hydrogen-bond acceptors (Lipinski definition) is 3. The zero-order valence-electron chi connectivity index (χ0n) is 8.98. The molecule has 2 aromatic heterocycles. The first kappa shape index (κ1) is 11.1. The third kappa shape index (κ3) is 3.03. The molecule has 0 amide bonds. The smallest absolute Gasteiger partial charge is 0.141 e. The van der Waals surface area contributed by atoms with Crippen molar-refractivity contribution in [2.75, 3.05) is 5.32 Å². The molecule has 0 radical (unpaired) electrons. The Kier molecular flexibility index (Phi) is 3.51. The monoisotopic (exact) mass is 236 g/mol. The molecule has 0 spiro atoms. The van der Waals surface area contributed by atoms with Gasteiger partial charge in [0.15, 0.2) is 0 Å².